The van der Waals surface area contributed by atoms with E-state index in [-0.39, 0.29) is 17.7 Å². The SMILES string of the molecule is C#CC1CCC(Cn2c(N3CCOCC3CC)nc3nc(C(N)=NC(=O)O)nc(-c4cccc(Cl)c4)c32)CC1. The van der Waals surface area contributed by atoms with E-state index in [4.69, 9.17) is 38.5 Å². The summed E-state index contributed by atoms with van der Waals surface area (Å²) in [6.45, 7) is 4.78. The lowest BCUT2D eigenvalue weighted by atomic mass is 9.82. The Labute approximate surface area is 232 Å². The van der Waals surface area contributed by atoms with Gasteiger partial charge >= 0.3 is 6.09 Å². The summed E-state index contributed by atoms with van der Waals surface area (Å²) in [5.41, 5.74) is 8.50. The van der Waals surface area contributed by atoms with Gasteiger partial charge in [0.25, 0.3) is 0 Å². The molecule has 10 nitrogen and oxygen atoms in total. The number of aliphatic imine (C=N–C) groups is 1. The highest BCUT2D eigenvalue weighted by Gasteiger charge is 2.31. The van der Waals surface area contributed by atoms with Crippen LogP contribution < -0.4 is 10.6 Å². The second-order valence-electron chi connectivity index (χ2n) is 10.1. The number of carboxylic acid groups (broad SMARTS) is 1. The molecule has 2 aromatic heterocycles. The van der Waals surface area contributed by atoms with E-state index in [1.807, 2.05) is 18.2 Å². The van der Waals surface area contributed by atoms with Crippen LogP contribution in [0.1, 0.15) is 44.9 Å². The maximum absolute atomic E-state index is 11.3. The summed E-state index contributed by atoms with van der Waals surface area (Å²) in [7, 11) is 0. The van der Waals surface area contributed by atoms with Crippen LogP contribution in [0.5, 0.6) is 0 Å². The Kier molecular flexibility index (Phi) is 8.00. The first-order chi connectivity index (χ1) is 18.9. The number of nitrogens with zero attached hydrogens (tertiary/aromatic N) is 6. The van der Waals surface area contributed by atoms with Crippen LogP contribution >= 0.6 is 11.6 Å². The number of halogens is 1. The Morgan fingerprint density at radius 1 is 1.28 bits per heavy atom. The van der Waals surface area contributed by atoms with Crippen molar-refractivity contribution in [3.8, 4) is 23.6 Å². The highest BCUT2D eigenvalue weighted by molar-refractivity contribution is 6.30. The smallest absolute Gasteiger partial charge is 0.433 e. The molecule has 3 N–H and O–H groups in total. The van der Waals surface area contributed by atoms with Gasteiger partial charge in [-0.25, -0.2) is 14.8 Å². The minimum absolute atomic E-state index is 0.000349. The van der Waals surface area contributed by atoms with E-state index in [0.717, 1.165) is 55.7 Å². The van der Waals surface area contributed by atoms with Gasteiger partial charge in [0, 0.05) is 29.6 Å². The van der Waals surface area contributed by atoms with Gasteiger partial charge in [0.05, 0.1) is 19.3 Å². The summed E-state index contributed by atoms with van der Waals surface area (Å²) in [4.78, 5) is 31.3. The third-order valence-corrected chi connectivity index (χ3v) is 7.84. The summed E-state index contributed by atoms with van der Waals surface area (Å²) in [5.74, 6) is 4.16. The molecule has 0 radical (unpaired) electrons. The maximum Gasteiger partial charge on any atom is 0.433 e. The van der Waals surface area contributed by atoms with Crippen molar-refractivity contribution in [1.82, 2.24) is 19.5 Å². The van der Waals surface area contributed by atoms with Crippen molar-refractivity contribution in [2.75, 3.05) is 24.7 Å². The monoisotopic (exact) mass is 549 g/mol. The molecule has 11 heteroatoms. The van der Waals surface area contributed by atoms with Crippen LogP contribution in [0.15, 0.2) is 29.3 Å². The first-order valence-electron chi connectivity index (χ1n) is 13.3. The second-order valence-corrected chi connectivity index (χ2v) is 10.5. The molecule has 1 saturated carbocycles. The molecule has 5 rings (SSSR count). The molecule has 1 unspecified atom stereocenters. The molecule has 1 aliphatic heterocycles. The van der Waals surface area contributed by atoms with Gasteiger partial charge in [0.15, 0.2) is 17.3 Å². The van der Waals surface area contributed by atoms with Crippen LogP contribution in [0.3, 0.4) is 0 Å². The van der Waals surface area contributed by atoms with Gasteiger partial charge in [0.2, 0.25) is 5.95 Å². The van der Waals surface area contributed by atoms with Crippen molar-refractivity contribution < 1.29 is 14.6 Å². The Hall–Kier alpha value is -3.68. The highest BCUT2D eigenvalue weighted by atomic mass is 35.5. The van der Waals surface area contributed by atoms with E-state index in [9.17, 15) is 9.90 Å². The molecular weight excluding hydrogens is 518 g/mol. The molecule has 0 bridgehead atoms. The molecule has 1 saturated heterocycles. The normalized spacial score (nSPS) is 22.1. The summed E-state index contributed by atoms with van der Waals surface area (Å²) in [5, 5.41) is 9.73. The molecule has 204 valence electrons. The van der Waals surface area contributed by atoms with E-state index in [0.29, 0.717) is 48.0 Å². The zero-order valence-electron chi connectivity index (χ0n) is 21.9. The fourth-order valence-electron chi connectivity index (χ4n) is 5.55. The maximum atomic E-state index is 11.3. The largest absolute Gasteiger partial charge is 0.463 e. The van der Waals surface area contributed by atoms with Crippen LogP contribution in [0.2, 0.25) is 5.02 Å². The first-order valence-corrected chi connectivity index (χ1v) is 13.7. The number of amides is 1. The number of carbonyl (C=O) groups is 1. The predicted octanol–water partition coefficient (Wildman–Crippen LogP) is 4.58. The average molecular weight is 550 g/mol. The van der Waals surface area contributed by atoms with Crippen molar-refractivity contribution in [1.29, 1.82) is 0 Å². The molecule has 2 aliphatic rings. The van der Waals surface area contributed by atoms with Gasteiger partial charge in [0.1, 0.15) is 11.2 Å². The summed E-state index contributed by atoms with van der Waals surface area (Å²) < 4.78 is 8.00. The Morgan fingerprint density at radius 2 is 2.08 bits per heavy atom. The number of benzene rings is 1. The van der Waals surface area contributed by atoms with Crippen LogP contribution in [0.25, 0.3) is 22.4 Å². The summed E-state index contributed by atoms with van der Waals surface area (Å²) in [6, 6.07) is 7.51. The topological polar surface area (TPSA) is 132 Å². The number of hydrogen-bond donors (Lipinski definition) is 2. The minimum Gasteiger partial charge on any atom is -0.463 e. The third-order valence-electron chi connectivity index (χ3n) is 7.61. The third kappa shape index (κ3) is 5.70. The van der Waals surface area contributed by atoms with Gasteiger partial charge in [-0.15, -0.1) is 12.3 Å². The van der Waals surface area contributed by atoms with Crippen molar-refractivity contribution in [3.63, 3.8) is 0 Å². The van der Waals surface area contributed by atoms with Gasteiger partial charge in [-0.3, -0.25) is 0 Å². The Bertz CT molecular complexity index is 1440. The zero-order chi connectivity index (χ0) is 27.5. The molecule has 1 aromatic carbocycles. The van der Waals surface area contributed by atoms with Gasteiger partial charge < -0.3 is 25.0 Å². The molecule has 1 aliphatic carbocycles. The number of fused-ring (bicyclic) bond motifs is 1. The van der Waals surface area contributed by atoms with E-state index in [2.05, 4.69) is 32.3 Å². The number of terminal acetylenes is 1. The number of morpholine rings is 1. The molecule has 2 fully saturated rings. The summed E-state index contributed by atoms with van der Waals surface area (Å²) in [6.07, 6.45) is 9.24. The number of nitrogens with two attached hydrogens (primary N) is 1. The highest BCUT2D eigenvalue weighted by Crippen LogP contribution is 2.36. The van der Waals surface area contributed by atoms with Crippen LogP contribution in [-0.2, 0) is 11.3 Å². The molecule has 1 amide bonds. The van der Waals surface area contributed by atoms with Crippen molar-refractivity contribution in [2.45, 2.75) is 51.6 Å². The molecule has 0 spiro atoms. The Morgan fingerprint density at radius 3 is 2.77 bits per heavy atom. The quantitative estimate of drug-likeness (QED) is 0.259. The Balaban J connectivity index is 1.72. The van der Waals surface area contributed by atoms with Crippen molar-refractivity contribution in [3.05, 3.63) is 35.1 Å². The zero-order valence-corrected chi connectivity index (χ0v) is 22.6. The number of amidine groups is 1. The lowest BCUT2D eigenvalue weighted by Gasteiger charge is -2.36. The number of ether oxygens (including phenoxy) is 1. The molecule has 1 atom stereocenters. The average Bonchev–Trinajstić information content (AvgIpc) is 3.30. The number of aromatic nitrogens is 4. The summed E-state index contributed by atoms with van der Waals surface area (Å²) >= 11 is 6.37. The number of hydrogen-bond acceptors (Lipinski definition) is 6. The van der Waals surface area contributed by atoms with E-state index < -0.39 is 6.09 Å². The molecule has 3 heterocycles. The second kappa shape index (κ2) is 11.6. The lowest BCUT2D eigenvalue weighted by molar-refractivity contribution is 0.0916. The van der Waals surface area contributed by atoms with Crippen LogP contribution in [0.4, 0.5) is 10.7 Å². The molecule has 39 heavy (non-hydrogen) atoms. The van der Waals surface area contributed by atoms with Gasteiger partial charge in [-0.1, -0.05) is 30.7 Å². The van der Waals surface area contributed by atoms with Crippen LogP contribution in [0, 0.1) is 24.2 Å². The predicted molar refractivity (Wildman–Crippen MR) is 151 cm³/mol. The number of imidazole rings is 1. The van der Waals surface area contributed by atoms with Gasteiger partial charge in [-0.2, -0.15) is 9.98 Å². The fourth-order valence-corrected chi connectivity index (χ4v) is 5.74. The standard InChI is InChI=1S/C28H32ClN7O3/c1-3-17-8-10-18(11-9-17)15-36-23-22(19-6-5-7-20(29)14-19)31-26(24(30)32-28(37)38)33-25(23)34-27(36)35-12-13-39-16-21(35)4-2/h1,5-7,14,17-18,21H,4,8-13,15-16H2,2H3,(H2,30,32)(H,37,38). The minimum atomic E-state index is -1.42. The fraction of sp³-hybridized carbons (Fsp3) is 0.464. The number of rotatable bonds is 6. The van der Waals surface area contributed by atoms with Crippen molar-refractivity contribution in [2.24, 2.45) is 22.6 Å². The van der Waals surface area contributed by atoms with E-state index in [1.165, 1.54) is 0 Å². The molecular formula is C28H32ClN7O3. The molecule has 3 aromatic rings. The van der Waals surface area contributed by atoms with Crippen molar-refractivity contribution >= 4 is 40.6 Å². The van der Waals surface area contributed by atoms with Gasteiger partial charge in [-0.05, 0) is 50.2 Å². The number of anilines is 1. The first kappa shape index (κ1) is 26.9. The van der Waals surface area contributed by atoms with E-state index in [1.54, 1.807) is 6.07 Å². The lowest BCUT2D eigenvalue weighted by Crippen LogP contribution is -2.46. The van der Waals surface area contributed by atoms with E-state index >= 15 is 0 Å². The van der Waals surface area contributed by atoms with Crippen LogP contribution in [-0.4, -0.2) is 62.4 Å².